The highest BCUT2D eigenvalue weighted by Gasteiger charge is 2.32. The van der Waals surface area contributed by atoms with E-state index in [0.717, 1.165) is 12.0 Å². The second-order valence-electron chi connectivity index (χ2n) is 4.69. The zero-order valence-corrected chi connectivity index (χ0v) is 11.5. The van der Waals surface area contributed by atoms with Crippen molar-refractivity contribution in [1.29, 1.82) is 0 Å². The van der Waals surface area contributed by atoms with Crippen LogP contribution in [0.25, 0.3) is 0 Å². The van der Waals surface area contributed by atoms with Crippen molar-refractivity contribution in [2.45, 2.75) is 26.2 Å². The number of carboxylic acids is 2. The maximum Gasteiger partial charge on any atom is 0.307 e. The van der Waals surface area contributed by atoms with E-state index in [2.05, 4.69) is 0 Å². The number of benzene rings is 1. The molecule has 0 aliphatic heterocycles. The molecule has 0 aliphatic rings. The Morgan fingerprint density at radius 1 is 1.05 bits per heavy atom. The summed E-state index contributed by atoms with van der Waals surface area (Å²) in [6.45, 7) is 1.95. The van der Waals surface area contributed by atoms with Crippen molar-refractivity contribution >= 4 is 11.9 Å². The topological polar surface area (TPSA) is 74.6 Å². The van der Waals surface area contributed by atoms with E-state index < -0.39 is 23.8 Å². The molecule has 2 N–H and O–H groups in total. The van der Waals surface area contributed by atoms with Gasteiger partial charge in [0.15, 0.2) is 0 Å². The van der Waals surface area contributed by atoms with Gasteiger partial charge in [0.05, 0.1) is 11.8 Å². The van der Waals surface area contributed by atoms with Gasteiger partial charge in [-0.25, -0.2) is 0 Å². The molecule has 4 heteroatoms. The lowest BCUT2D eigenvalue weighted by Crippen LogP contribution is -2.31. The smallest absolute Gasteiger partial charge is 0.307 e. The third-order valence-electron chi connectivity index (χ3n) is 3.21. The van der Waals surface area contributed by atoms with Crippen LogP contribution in [0.5, 0.6) is 0 Å². The molecule has 0 amide bonds. The van der Waals surface area contributed by atoms with Crippen LogP contribution < -0.4 is 0 Å². The first kappa shape index (κ1) is 16.0. The molecule has 1 rings (SSSR count). The van der Waals surface area contributed by atoms with Crippen molar-refractivity contribution in [3.05, 3.63) is 48.0 Å². The van der Waals surface area contributed by atoms with Gasteiger partial charge in [-0.1, -0.05) is 49.4 Å². The number of rotatable bonds is 8. The average Bonchev–Trinajstić information content (AvgIpc) is 2.42. The molecule has 0 unspecified atom stereocenters. The summed E-state index contributed by atoms with van der Waals surface area (Å²) in [4.78, 5) is 22.7. The number of aliphatic carboxylic acids is 2. The minimum Gasteiger partial charge on any atom is -0.481 e. The lowest BCUT2D eigenvalue weighted by molar-refractivity contribution is -0.153. The molecule has 2 atom stereocenters. The molecular weight excluding hydrogens is 256 g/mol. The van der Waals surface area contributed by atoms with Crippen LogP contribution in [0, 0.1) is 11.8 Å². The predicted molar refractivity (Wildman–Crippen MR) is 76.4 cm³/mol. The first-order valence-electron chi connectivity index (χ1n) is 6.70. The normalized spacial score (nSPS) is 14.1. The molecule has 0 saturated heterocycles. The molecule has 1 aromatic carbocycles. The third-order valence-corrected chi connectivity index (χ3v) is 3.21. The second kappa shape index (κ2) is 8.15. The quantitative estimate of drug-likeness (QED) is 0.716. The Labute approximate surface area is 118 Å². The number of hydrogen-bond acceptors (Lipinski definition) is 2. The molecule has 0 bridgehead atoms. The van der Waals surface area contributed by atoms with E-state index in [1.807, 2.05) is 43.3 Å². The molecule has 1 aromatic rings. The monoisotopic (exact) mass is 276 g/mol. The fourth-order valence-electron chi connectivity index (χ4n) is 2.12. The van der Waals surface area contributed by atoms with Gasteiger partial charge in [-0.05, 0) is 24.8 Å². The van der Waals surface area contributed by atoms with E-state index in [9.17, 15) is 19.8 Å². The third kappa shape index (κ3) is 4.88. The van der Waals surface area contributed by atoms with Gasteiger partial charge in [-0.2, -0.15) is 0 Å². The van der Waals surface area contributed by atoms with Crippen molar-refractivity contribution < 1.29 is 19.8 Å². The Morgan fingerprint density at radius 3 is 2.15 bits per heavy atom. The van der Waals surface area contributed by atoms with Crippen molar-refractivity contribution in [2.75, 3.05) is 0 Å². The Kier molecular flexibility index (Phi) is 6.50. The highest BCUT2D eigenvalue weighted by Crippen LogP contribution is 2.22. The van der Waals surface area contributed by atoms with E-state index in [-0.39, 0.29) is 12.8 Å². The summed E-state index contributed by atoms with van der Waals surface area (Å²) in [6.07, 6.45) is 4.89. The van der Waals surface area contributed by atoms with Crippen LogP contribution in [0.1, 0.15) is 25.3 Å². The van der Waals surface area contributed by atoms with Gasteiger partial charge in [-0.15, -0.1) is 0 Å². The van der Waals surface area contributed by atoms with E-state index >= 15 is 0 Å². The van der Waals surface area contributed by atoms with Gasteiger partial charge in [0.25, 0.3) is 0 Å². The number of carbonyl (C=O) groups is 2. The van der Waals surface area contributed by atoms with Gasteiger partial charge in [0.1, 0.15) is 0 Å². The fourth-order valence-corrected chi connectivity index (χ4v) is 2.12. The Bertz CT molecular complexity index is 465. The van der Waals surface area contributed by atoms with Crippen LogP contribution in [0.15, 0.2) is 42.5 Å². The standard InChI is InChI=1S/C16H20O4/c1-2-3-5-10-13(15(17)18)14(16(19)20)11-12-8-6-4-7-9-12/h3-9,13-14H,2,10-11H2,1H3,(H,17,18)(H,19,20)/b5-3+/t13-,14-/m0/s1. The predicted octanol–water partition coefficient (Wildman–Crippen LogP) is 2.99. The summed E-state index contributed by atoms with van der Waals surface area (Å²) >= 11 is 0. The van der Waals surface area contributed by atoms with Crippen molar-refractivity contribution in [2.24, 2.45) is 11.8 Å². The highest BCUT2D eigenvalue weighted by molar-refractivity contribution is 5.80. The molecule has 0 aliphatic carbocycles. The summed E-state index contributed by atoms with van der Waals surface area (Å²) in [7, 11) is 0. The summed E-state index contributed by atoms with van der Waals surface area (Å²) in [5, 5.41) is 18.6. The SMILES string of the molecule is CC/C=C/C[C@H](C(=O)O)[C@H](Cc1ccccc1)C(=O)O. The zero-order chi connectivity index (χ0) is 15.0. The van der Waals surface area contributed by atoms with Crippen LogP contribution in [0.2, 0.25) is 0 Å². The summed E-state index contributed by atoms with van der Waals surface area (Å²) in [5.41, 5.74) is 0.839. The van der Waals surface area contributed by atoms with Crippen LogP contribution in [-0.4, -0.2) is 22.2 Å². The van der Waals surface area contributed by atoms with Crippen LogP contribution >= 0.6 is 0 Å². The zero-order valence-electron chi connectivity index (χ0n) is 11.5. The Morgan fingerprint density at radius 2 is 1.65 bits per heavy atom. The van der Waals surface area contributed by atoms with E-state index in [4.69, 9.17) is 0 Å². The number of carboxylic acid groups (broad SMARTS) is 2. The van der Waals surface area contributed by atoms with Crippen molar-refractivity contribution in [3.8, 4) is 0 Å². The van der Waals surface area contributed by atoms with E-state index in [1.165, 1.54) is 0 Å². The molecule has 4 nitrogen and oxygen atoms in total. The van der Waals surface area contributed by atoms with Crippen LogP contribution in [0.4, 0.5) is 0 Å². The van der Waals surface area contributed by atoms with Crippen LogP contribution in [0.3, 0.4) is 0 Å². The second-order valence-corrected chi connectivity index (χ2v) is 4.69. The summed E-state index contributed by atoms with van der Waals surface area (Å²) in [5.74, 6) is -3.95. The van der Waals surface area contributed by atoms with E-state index in [0.29, 0.717) is 0 Å². The molecular formula is C16H20O4. The molecule has 0 saturated carbocycles. The maximum absolute atomic E-state index is 11.4. The van der Waals surface area contributed by atoms with Gasteiger partial charge >= 0.3 is 11.9 Å². The average molecular weight is 276 g/mol. The summed E-state index contributed by atoms with van der Waals surface area (Å²) < 4.78 is 0. The molecule has 0 aromatic heterocycles. The minimum atomic E-state index is -1.06. The van der Waals surface area contributed by atoms with Crippen molar-refractivity contribution in [1.82, 2.24) is 0 Å². The highest BCUT2D eigenvalue weighted by atomic mass is 16.4. The van der Waals surface area contributed by atoms with Gasteiger partial charge in [0.2, 0.25) is 0 Å². The Balaban J connectivity index is 2.88. The van der Waals surface area contributed by atoms with E-state index in [1.54, 1.807) is 6.08 Å². The minimum absolute atomic E-state index is 0.229. The number of allylic oxidation sites excluding steroid dienone is 2. The first-order valence-corrected chi connectivity index (χ1v) is 6.70. The molecule has 0 heterocycles. The molecule has 0 radical (unpaired) electrons. The largest absolute Gasteiger partial charge is 0.481 e. The lowest BCUT2D eigenvalue weighted by Gasteiger charge is -2.19. The molecule has 0 spiro atoms. The summed E-state index contributed by atoms with van der Waals surface area (Å²) in [6, 6.07) is 9.12. The van der Waals surface area contributed by atoms with Gasteiger partial charge in [0, 0.05) is 0 Å². The van der Waals surface area contributed by atoms with Crippen LogP contribution in [-0.2, 0) is 16.0 Å². The lowest BCUT2D eigenvalue weighted by atomic mass is 9.84. The molecule has 20 heavy (non-hydrogen) atoms. The molecule has 108 valence electrons. The molecule has 0 fully saturated rings. The van der Waals surface area contributed by atoms with Gasteiger partial charge < -0.3 is 10.2 Å². The van der Waals surface area contributed by atoms with Crippen molar-refractivity contribution in [3.63, 3.8) is 0 Å². The Hall–Kier alpha value is -2.10. The van der Waals surface area contributed by atoms with Gasteiger partial charge in [-0.3, -0.25) is 9.59 Å². The first-order chi connectivity index (χ1) is 9.56. The fraction of sp³-hybridized carbons (Fsp3) is 0.375. The number of hydrogen-bond donors (Lipinski definition) is 2. The maximum atomic E-state index is 11.4.